The van der Waals surface area contributed by atoms with E-state index < -0.39 is 0 Å². The van der Waals surface area contributed by atoms with Crippen LogP contribution in [0.25, 0.3) is 0 Å². The Morgan fingerprint density at radius 1 is 1.44 bits per heavy atom. The molecule has 1 rings (SSSR count). The molecule has 1 aromatic rings. The molecule has 0 fully saturated rings. The Morgan fingerprint density at radius 2 is 2.11 bits per heavy atom. The van der Waals surface area contributed by atoms with Crippen molar-refractivity contribution in [2.24, 2.45) is 0 Å². The third kappa shape index (κ3) is 1.49. The predicted octanol–water partition coefficient (Wildman–Crippen LogP) is 2.47. The summed E-state index contributed by atoms with van der Waals surface area (Å²) in [6.45, 7) is 5.81. The van der Waals surface area contributed by atoms with Gasteiger partial charge in [0.1, 0.15) is 0 Å². The van der Waals surface area contributed by atoms with Crippen LogP contribution in [0.2, 0.25) is 0 Å². The fourth-order valence-corrected chi connectivity index (χ4v) is 0.857. The summed E-state index contributed by atoms with van der Waals surface area (Å²) in [5, 5.41) is 0. The molecule has 0 aliphatic heterocycles. The van der Waals surface area contributed by atoms with Gasteiger partial charge in [-0.15, -0.1) is 12.6 Å². The quantitative estimate of drug-likeness (QED) is 0.522. The van der Waals surface area contributed by atoms with E-state index >= 15 is 0 Å². The Morgan fingerprint density at radius 3 is 2.56 bits per heavy atom. The molecule has 0 aromatic heterocycles. The zero-order valence-corrected chi connectivity index (χ0v) is 6.28. The minimum atomic E-state index is 1.03. The van der Waals surface area contributed by atoms with Crippen LogP contribution < -0.4 is 0 Å². The van der Waals surface area contributed by atoms with Crippen LogP contribution in [0.3, 0.4) is 0 Å². The Bertz CT molecular complexity index is 216. The molecule has 0 atom stereocenters. The highest BCUT2D eigenvalue weighted by atomic mass is 32.1. The highest BCUT2D eigenvalue weighted by Crippen LogP contribution is 2.13. The third-order valence-corrected chi connectivity index (χ3v) is 1.76. The predicted molar refractivity (Wildman–Crippen MR) is 42.9 cm³/mol. The summed E-state index contributed by atoms with van der Waals surface area (Å²) >= 11 is 4.22. The van der Waals surface area contributed by atoms with Gasteiger partial charge in [-0.3, -0.25) is 0 Å². The van der Waals surface area contributed by atoms with Crippen LogP contribution in [0.15, 0.2) is 23.1 Å². The summed E-state index contributed by atoms with van der Waals surface area (Å²) in [7, 11) is 0. The van der Waals surface area contributed by atoms with Gasteiger partial charge in [-0.1, -0.05) is 12.1 Å². The molecular weight excluding hydrogens is 128 g/mol. The highest BCUT2D eigenvalue weighted by molar-refractivity contribution is 7.80. The summed E-state index contributed by atoms with van der Waals surface area (Å²) in [5.74, 6) is 0. The van der Waals surface area contributed by atoms with E-state index in [1.165, 1.54) is 5.56 Å². The van der Waals surface area contributed by atoms with E-state index in [0.29, 0.717) is 0 Å². The van der Waals surface area contributed by atoms with E-state index in [1.807, 2.05) is 25.1 Å². The van der Waals surface area contributed by atoms with Crippen LogP contribution in [0.1, 0.15) is 11.1 Å². The van der Waals surface area contributed by atoms with Gasteiger partial charge in [0.2, 0.25) is 0 Å². The standard InChI is InChI=1S/C8H9S/c1-6-3-4-8(9)7(2)5-6/h3-5,9H,1H2,2H3. The fraction of sp³-hybridized carbons (Fsp3) is 0.125. The average Bonchev–Trinajstić information content (AvgIpc) is 1.80. The number of rotatable bonds is 0. The summed E-state index contributed by atoms with van der Waals surface area (Å²) in [6.07, 6.45) is 0. The zero-order chi connectivity index (χ0) is 6.85. The van der Waals surface area contributed by atoms with Gasteiger partial charge in [-0.25, -0.2) is 0 Å². The molecule has 0 heterocycles. The average molecular weight is 137 g/mol. The second kappa shape index (κ2) is 2.44. The van der Waals surface area contributed by atoms with Crippen LogP contribution in [-0.2, 0) is 0 Å². The normalized spacial score (nSPS) is 9.67. The molecule has 0 amide bonds. The zero-order valence-electron chi connectivity index (χ0n) is 5.39. The van der Waals surface area contributed by atoms with E-state index in [4.69, 9.17) is 0 Å². The summed E-state index contributed by atoms with van der Waals surface area (Å²) < 4.78 is 0. The molecular formula is C8H9S. The van der Waals surface area contributed by atoms with Crippen LogP contribution >= 0.6 is 12.6 Å². The molecule has 1 aromatic carbocycles. The second-order valence-corrected chi connectivity index (χ2v) is 2.60. The lowest BCUT2D eigenvalue weighted by Gasteiger charge is -1.97. The first-order valence-electron chi connectivity index (χ1n) is 2.82. The lowest BCUT2D eigenvalue weighted by atomic mass is 10.2. The van der Waals surface area contributed by atoms with Gasteiger partial charge >= 0.3 is 0 Å². The molecule has 0 saturated heterocycles. The topological polar surface area (TPSA) is 0 Å². The number of hydrogen-bond donors (Lipinski definition) is 1. The summed E-state index contributed by atoms with van der Waals surface area (Å²) in [5.41, 5.74) is 2.23. The molecule has 0 nitrogen and oxygen atoms in total. The molecule has 0 aliphatic rings. The SMILES string of the molecule is [CH2]c1ccc(S)c(C)c1. The van der Waals surface area contributed by atoms with Crippen molar-refractivity contribution >= 4 is 12.6 Å². The van der Waals surface area contributed by atoms with Crippen LogP contribution in [-0.4, -0.2) is 0 Å². The Labute approximate surface area is 61.3 Å². The van der Waals surface area contributed by atoms with E-state index in [0.717, 1.165) is 10.5 Å². The molecule has 0 aliphatic carbocycles. The fourth-order valence-electron chi connectivity index (χ4n) is 0.718. The summed E-state index contributed by atoms with van der Waals surface area (Å²) in [6, 6.07) is 5.93. The molecule has 47 valence electrons. The lowest BCUT2D eigenvalue weighted by molar-refractivity contribution is 1.30. The Hall–Kier alpha value is -0.430. The van der Waals surface area contributed by atoms with Crippen LogP contribution in [0.5, 0.6) is 0 Å². The number of hydrogen-bond acceptors (Lipinski definition) is 1. The molecule has 0 unspecified atom stereocenters. The Kier molecular flexibility index (Phi) is 1.81. The van der Waals surface area contributed by atoms with Crippen LogP contribution in [0.4, 0.5) is 0 Å². The van der Waals surface area contributed by atoms with Crippen LogP contribution in [0, 0.1) is 13.8 Å². The maximum Gasteiger partial charge on any atom is 0.00694 e. The number of benzene rings is 1. The van der Waals surface area contributed by atoms with E-state index in [2.05, 4.69) is 19.6 Å². The first-order valence-corrected chi connectivity index (χ1v) is 3.26. The molecule has 0 spiro atoms. The molecule has 1 radical (unpaired) electrons. The number of thiol groups is 1. The molecule has 0 N–H and O–H groups in total. The first kappa shape index (κ1) is 6.69. The van der Waals surface area contributed by atoms with Crippen molar-refractivity contribution in [1.82, 2.24) is 0 Å². The molecule has 0 saturated carbocycles. The van der Waals surface area contributed by atoms with E-state index in [-0.39, 0.29) is 0 Å². The van der Waals surface area contributed by atoms with Gasteiger partial charge in [0.15, 0.2) is 0 Å². The van der Waals surface area contributed by atoms with Crippen molar-refractivity contribution in [3.63, 3.8) is 0 Å². The monoisotopic (exact) mass is 137 g/mol. The van der Waals surface area contributed by atoms with Crippen molar-refractivity contribution in [2.45, 2.75) is 11.8 Å². The van der Waals surface area contributed by atoms with Gasteiger partial charge in [0.05, 0.1) is 0 Å². The largest absolute Gasteiger partial charge is 0.143 e. The maximum absolute atomic E-state index is 4.22. The lowest BCUT2D eigenvalue weighted by Crippen LogP contribution is -1.76. The Balaban J connectivity index is 3.17. The molecule has 1 heteroatoms. The number of aryl methyl sites for hydroxylation is 1. The van der Waals surface area contributed by atoms with E-state index in [1.54, 1.807) is 0 Å². The first-order chi connectivity index (χ1) is 4.20. The van der Waals surface area contributed by atoms with E-state index in [9.17, 15) is 0 Å². The third-order valence-electron chi connectivity index (χ3n) is 1.26. The second-order valence-electron chi connectivity index (χ2n) is 2.12. The van der Waals surface area contributed by atoms with Gasteiger partial charge in [-0.2, -0.15) is 0 Å². The minimum absolute atomic E-state index is 1.03. The van der Waals surface area contributed by atoms with Crippen molar-refractivity contribution in [3.8, 4) is 0 Å². The highest BCUT2D eigenvalue weighted by Gasteiger charge is 1.90. The van der Waals surface area contributed by atoms with Crippen molar-refractivity contribution < 1.29 is 0 Å². The maximum atomic E-state index is 4.22. The minimum Gasteiger partial charge on any atom is -0.143 e. The van der Waals surface area contributed by atoms with Gasteiger partial charge in [0, 0.05) is 4.90 Å². The van der Waals surface area contributed by atoms with Crippen molar-refractivity contribution in [1.29, 1.82) is 0 Å². The van der Waals surface area contributed by atoms with Gasteiger partial charge < -0.3 is 0 Å². The smallest absolute Gasteiger partial charge is 0.00694 e. The molecule has 0 bridgehead atoms. The van der Waals surface area contributed by atoms with Crippen molar-refractivity contribution in [2.75, 3.05) is 0 Å². The van der Waals surface area contributed by atoms with Gasteiger partial charge in [-0.05, 0) is 31.0 Å². The molecule has 9 heavy (non-hydrogen) atoms. The van der Waals surface area contributed by atoms with Gasteiger partial charge in [0.25, 0.3) is 0 Å². The van der Waals surface area contributed by atoms with Crippen molar-refractivity contribution in [3.05, 3.63) is 36.2 Å². The summed E-state index contributed by atoms with van der Waals surface area (Å²) in [4.78, 5) is 1.03.